The van der Waals surface area contributed by atoms with Crippen LogP contribution in [0.4, 0.5) is 5.69 Å². The standard InChI is InChI=1S/C22H36N6O2S.HI/c1-7-23-21(25-17-11-12-18(29-5)19(14-17)30-8-2)24-13-9-10-20-26-27-22(31-6)28(20)15-16(3)4;/h11-12,14,16H,7-10,13,15H2,1-6H3,(H2,23,24,25);1H. The molecule has 0 aliphatic rings. The van der Waals surface area contributed by atoms with Crippen LogP contribution < -0.4 is 20.1 Å². The molecule has 0 saturated carbocycles. The largest absolute Gasteiger partial charge is 0.493 e. The molecular formula is C22H37IN6O2S. The van der Waals surface area contributed by atoms with Gasteiger partial charge in [-0.3, -0.25) is 4.99 Å². The lowest BCUT2D eigenvalue weighted by molar-refractivity contribution is 0.311. The van der Waals surface area contributed by atoms with Gasteiger partial charge in [0.15, 0.2) is 22.6 Å². The van der Waals surface area contributed by atoms with E-state index in [0.717, 1.165) is 48.6 Å². The minimum Gasteiger partial charge on any atom is -0.493 e. The first kappa shape index (κ1) is 28.3. The molecule has 32 heavy (non-hydrogen) atoms. The number of aryl methyl sites for hydroxylation is 1. The van der Waals surface area contributed by atoms with Crippen LogP contribution in [0, 0.1) is 5.92 Å². The highest BCUT2D eigenvalue weighted by Gasteiger charge is 2.12. The van der Waals surface area contributed by atoms with E-state index in [1.807, 2.05) is 31.4 Å². The van der Waals surface area contributed by atoms with E-state index in [0.29, 0.717) is 30.6 Å². The zero-order chi connectivity index (χ0) is 22.6. The predicted octanol–water partition coefficient (Wildman–Crippen LogP) is 4.69. The number of hydrogen-bond donors (Lipinski definition) is 2. The molecular weight excluding hydrogens is 539 g/mol. The van der Waals surface area contributed by atoms with Crippen LogP contribution in [0.2, 0.25) is 0 Å². The summed E-state index contributed by atoms with van der Waals surface area (Å²) in [5, 5.41) is 16.3. The molecule has 0 saturated heterocycles. The molecule has 2 aromatic rings. The molecule has 0 aliphatic heterocycles. The average molecular weight is 577 g/mol. The highest BCUT2D eigenvalue weighted by molar-refractivity contribution is 14.0. The van der Waals surface area contributed by atoms with E-state index in [1.54, 1.807) is 18.9 Å². The second-order valence-electron chi connectivity index (χ2n) is 7.40. The molecule has 0 aliphatic carbocycles. The van der Waals surface area contributed by atoms with E-state index in [2.05, 4.69) is 46.2 Å². The third-order valence-electron chi connectivity index (χ3n) is 4.42. The molecule has 180 valence electrons. The van der Waals surface area contributed by atoms with Crippen molar-refractivity contribution < 1.29 is 9.47 Å². The van der Waals surface area contributed by atoms with Gasteiger partial charge in [-0.25, -0.2) is 0 Å². The normalized spacial score (nSPS) is 11.3. The molecule has 0 bridgehead atoms. The zero-order valence-corrected chi connectivity index (χ0v) is 23.1. The molecule has 0 unspecified atom stereocenters. The molecule has 0 fully saturated rings. The van der Waals surface area contributed by atoms with Crippen LogP contribution in [-0.4, -0.2) is 53.8 Å². The Kier molecular flexibility index (Phi) is 13.5. The topological polar surface area (TPSA) is 85.6 Å². The summed E-state index contributed by atoms with van der Waals surface area (Å²) in [6.07, 6.45) is 3.79. The number of nitrogens with one attached hydrogen (secondary N) is 2. The molecule has 10 heteroatoms. The van der Waals surface area contributed by atoms with E-state index in [1.165, 1.54) is 0 Å². The second kappa shape index (κ2) is 15.2. The van der Waals surface area contributed by atoms with E-state index in [4.69, 9.17) is 14.5 Å². The molecule has 1 heterocycles. The first-order valence-corrected chi connectivity index (χ1v) is 12.1. The third-order valence-corrected chi connectivity index (χ3v) is 5.09. The van der Waals surface area contributed by atoms with Crippen molar-refractivity contribution in [1.82, 2.24) is 20.1 Å². The Balaban J connectivity index is 0.00000512. The predicted molar refractivity (Wildman–Crippen MR) is 144 cm³/mol. The number of anilines is 1. The summed E-state index contributed by atoms with van der Waals surface area (Å²) in [7, 11) is 1.64. The Morgan fingerprint density at radius 2 is 2.00 bits per heavy atom. The van der Waals surface area contributed by atoms with Crippen molar-refractivity contribution in [2.45, 2.75) is 52.2 Å². The van der Waals surface area contributed by atoms with Gasteiger partial charge >= 0.3 is 0 Å². The summed E-state index contributed by atoms with van der Waals surface area (Å²) in [5.41, 5.74) is 0.894. The molecule has 0 atom stereocenters. The summed E-state index contributed by atoms with van der Waals surface area (Å²) in [6.45, 7) is 11.4. The van der Waals surface area contributed by atoms with Gasteiger partial charge in [-0.15, -0.1) is 34.2 Å². The van der Waals surface area contributed by atoms with E-state index < -0.39 is 0 Å². The number of methoxy groups -OCH3 is 1. The van der Waals surface area contributed by atoms with Gasteiger partial charge in [0, 0.05) is 37.8 Å². The lowest BCUT2D eigenvalue weighted by atomic mass is 10.2. The van der Waals surface area contributed by atoms with Crippen LogP contribution in [-0.2, 0) is 13.0 Å². The minimum absolute atomic E-state index is 0. The number of halogens is 1. The molecule has 2 rings (SSSR count). The van der Waals surface area contributed by atoms with Crippen molar-refractivity contribution in [2.24, 2.45) is 10.9 Å². The van der Waals surface area contributed by atoms with Crippen molar-refractivity contribution in [3.63, 3.8) is 0 Å². The number of guanidine groups is 1. The Morgan fingerprint density at radius 3 is 2.62 bits per heavy atom. The fourth-order valence-electron chi connectivity index (χ4n) is 3.10. The lowest BCUT2D eigenvalue weighted by Gasteiger charge is -2.14. The summed E-state index contributed by atoms with van der Waals surface area (Å²) in [6, 6.07) is 5.77. The maximum absolute atomic E-state index is 5.67. The number of nitrogens with zero attached hydrogens (tertiary/aromatic N) is 4. The Labute approximate surface area is 213 Å². The molecule has 0 spiro atoms. The molecule has 2 N–H and O–H groups in total. The number of ether oxygens (including phenoxy) is 2. The molecule has 1 aromatic carbocycles. The maximum atomic E-state index is 5.67. The van der Waals surface area contributed by atoms with E-state index in [9.17, 15) is 0 Å². The van der Waals surface area contributed by atoms with Crippen LogP contribution in [0.3, 0.4) is 0 Å². The molecule has 8 nitrogen and oxygen atoms in total. The summed E-state index contributed by atoms with van der Waals surface area (Å²) in [4.78, 5) is 4.72. The van der Waals surface area contributed by atoms with Crippen molar-refractivity contribution in [3.8, 4) is 11.5 Å². The summed E-state index contributed by atoms with van der Waals surface area (Å²) in [5.74, 6) is 3.74. The van der Waals surface area contributed by atoms with E-state index >= 15 is 0 Å². The van der Waals surface area contributed by atoms with Gasteiger partial charge in [-0.05, 0) is 44.6 Å². The van der Waals surface area contributed by atoms with Crippen LogP contribution >= 0.6 is 35.7 Å². The maximum Gasteiger partial charge on any atom is 0.195 e. The van der Waals surface area contributed by atoms with Gasteiger partial charge in [0.05, 0.1) is 13.7 Å². The fraction of sp³-hybridized carbons (Fsp3) is 0.591. The minimum atomic E-state index is 0. The van der Waals surface area contributed by atoms with Gasteiger partial charge in [-0.1, -0.05) is 25.6 Å². The number of rotatable bonds is 12. The van der Waals surface area contributed by atoms with Crippen molar-refractivity contribution >= 4 is 47.4 Å². The van der Waals surface area contributed by atoms with Gasteiger partial charge in [0.2, 0.25) is 0 Å². The van der Waals surface area contributed by atoms with Gasteiger partial charge in [0.25, 0.3) is 0 Å². The smallest absolute Gasteiger partial charge is 0.195 e. The van der Waals surface area contributed by atoms with Crippen molar-refractivity contribution in [1.29, 1.82) is 0 Å². The fourth-order valence-corrected chi connectivity index (χ4v) is 3.62. The van der Waals surface area contributed by atoms with E-state index in [-0.39, 0.29) is 24.0 Å². The third kappa shape index (κ3) is 8.68. The molecule has 0 amide bonds. The average Bonchev–Trinajstić information content (AvgIpc) is 3.12. The van der Waals surface area contributed by atoms with Gasteiger partial charge < -0.3 is 24.7 Å². The first-order chi connectivity index (χ1) is 15.0. The number of benzene rings is 1. The number of aromatic nitrogens is 3. The lowest BCUT2D eigenvalue weighted by Crippen LogP contribution is -2.30. The van der Waals surface area contributed by atoms with Crippen molar-refractivity contribution in [2.75, 3.05) is 38.4 Å². The monoisotopic (exact) mass is 576 g/mol. The SMILES string of the molecule is CCNC(=NCCCc1nnc(SC)n1CC(C)C)Nc1ccc(OC)c(OCC)c1.I. The Hall–Kier alpha value is -1.69. The van der Waals surface area contributed by atoms with Gasteiger partial charge in [0.1, 0.15) is 5.82 Å². The Morgan fingerprint density at radius 1 is 1.22 bits per heavy atom. The molecule has 0 radical (unpaired) electrons. The van der Waals surface area contributed by atoms with Gasteiger partial charge in [-0.2, -0.15) is 0 Å². The van der Waals surface area contributed by atoms with Crippen LogP contribution in [0.5, 0.6) is 11.5 Å². The zero-order valence-electron chi connectivity index (χ0n) is 20.0. The van der Waals surface area contributed by atoms with Crippen LogP contribution in [0.1, 0.15) is 39.9 Å². The number of thioether (sulfide) groups is 1. The Bertz CT molecular complexity index is 844. The van der Waals surface area contributed by atoms with Crippen LogP contribution in [0.25, 0.3) is 0 Å². The first-order valence-electron chi connectivity index (χ1n) is 10.8. The highest BCUT2D eigenvalue weighted by Crippen LogP contribution is 2.30. The summed E-state index contributed by atoms with van der Waals surface area (Å²) >= 11 is 1.64. The second-order valence-corrected chi connectivity index (χ2v) is 8.17. The summed E-state index contributed by atoms with van der Waals surface area (Å²) < 4.78 is 13.3. The molecule has 1 aromatic heterocycles. The quantitative estimate of drug-likeness (QED) is 0.125. The number of hydrogen-bond acceptors (Lipinski definition) is 6. The highest BCUT2D eigenvalue weighted by atomic mass is 127. The number of aliphatic imine (C=N–C) groups is 1. The van der Waals surface area contributed by atoms with Crippen LogP contribution in [0.15, 0.2) is 28.3 Å². The van der Waals surface area contributed by atoms with Crippen molar-refractivity contribution in [3.05, 3.63) is 24.0 Å².